The van der Waals surface area contributed by atoms with E-state index in [4.69, 9.17) is 5.11 Å². The largest absolute Gasteiger partial charge is 0.481 e. The van der Waals surface area contributed by atoms with E-state index in [1.165, 1.54) is 0 Å². The van der Waals surface area contributed by atoms with Gasteiger partial charge in [0.05, 0.1) is 12.0 Å². The van der Waals surface area contributed by atoms with Crippen molar-refractivity contribution >= 4 is 11.9 Å². The Morgan fingerprint density at radius 2 is 1.95 bits per heavy atom. The van der Waals surface area contributed by atoms with Crippen molar-refractivity contribution in [1.29, 1.82) is 0 Å². The van der Waals surface area contributed by atoms with Crippen LogP contribution in [0.25, 0.3) is 0 Å². The predicted molar refractivity (Wildman–Crippen MR) is 70.9 cm³/mol. The Kier molecular flexibility index (Phi) is 4.42. The number of hydrogen-bond donors (Lipinski definition) is 2. The van der Waals surface area contributed by atoms with Crippen LogP contribution >= 0.6 is 0 Å². The number of amides is 1. The normalized spacial score (nSPS) is 28.6. The van der Waals surface area contributed by atoms with E-state index in [9.17, 15) is 9.59 Å². The highest BCUT2D eigenvalue weighted by Crippen LogP contribution is 2.22. The quantitative estimate of drug-likeness (QED) is 0.736. The van der Waals surface area contributed by atoms with E-state index in [2.05, 4.69) is 10.2 Å². The molecule has 0 aromatic carbocycles. The Labute approximate surface area is 113 Å². The molecule has 1 amide bonds. The minimum absolute atomic E-state index is 0.174. The third kappa shape index (κ3) is 3.45. The maximum atomic E-state index is 12.4. The molecular formula is C13H23N3O3. The number of carbonyl (C=O) groups is 2. The number of piperazine rings is 1. The predicted octanol–water partition coefficient (Wildman–Crippen LogP) is -0.253. The van der Waals surface area contributed by atoms with Crippen molar-refractivity contribution in [2.24, 2.45) is 0 Å². The van der Waals surface area contributed by atoms with Gasteiger partial charge in [-0.2, -0.15) is 0 Å². The van der Waals surface area contributed by atoms with E-state index in [0.29, 0.717) is 19.6 Å². The molecule has 19 heavy (non-hydrogen) atoms. The molecule has 108 valence electrons. The van der Waals surface area contributed by atoms with Gasteiger partial charge < -0.3 is 15.3 Å². The molecule has 2 N–H and O–H groups in total. The average Bonchev–Trinajstić information content (AvgIpc) is 2.84. The lowest BCUT2D eigenvalue weighted by atomic mass is 9.98. The number of hydrogen-bond acceptors (Lipinski definition) is 4. The van der Waals surface area contributed by atoms with Gasteiger partial charge in [0.1, 0.15) is 0 Å². The van der Waals surface area contributed by atoms with Crippen LogP contribution < -0.4 is 5.32 Å². The second kappa shape index (κ2) is 5.88. The fourth-order valence-corrected chi connectivity index (χ4v) is 2.85. The summed E-state index contributed by atoms with van der Waals surface area (Å²) in [7, 11) is 0. The second-order valence-electron chi connectivity index (χ2n) is 5.64. The summed E-state index contributed by atoms with van der Waals surface area (Å²) in [6, 6.07) is 0. The third-order valence-electron chi connectivity index (χ3n) is 4.14. The van der Waals surface area contributed by atoms with Gasteiger partial charge >= 0.3 is 5.97 Å². The first-order valence-corrected chi connectivity index (χ1v) is 7.00. The van der Waals surface area contributed by atoms with Crippen LogP contribution in [-0.2, 0) is 9.59 Å². The number of nitrogens with zero attached hydrogens (tertiary/aromatic N) is 2. The van der Waals surface area contributed by atoms with Crippen molar-refractivity contribution in [2.45, 2.75) is 31.7 Å². The molecule has 2 rings (SSSR count). The minimum atomic E-state index is -0.763. The first kappa shape index (κ1) is 14.3. The summed E-state index contributed by atoms with van der Waals surface area (Å²) in [4.78, 5) is 27.0. The van der Waals surface area contributed by atoms with Gasteiger partial charge in [0.15, 0.2) is 0 Å². The Bertz CT molecular complexity index is 345. The van der Waals surface area contributed by atoms with Crippen LogP contribution in [0.3, 0.4) is 0 Å². The zero-order valence-corrected chi connectivity index (χ0v) is 11.5. The number of aliphatic carboxylic acids is 1. The highest BCUT2D eigenvalue weighted by atomic mass is 16.4. The highest BCUT2D eigenvalue weighted by molar-refractivity contribution is 5.86. The molecule has 0 radical (unpaired) electrons. The van der Waals surface area contributed by atoms with Gasteiger partial charge in [-0.3, -0.25) is 14.5 Å². The lowest BCUT2D eigenvalue weighted by Crippen LogP contribution is -2.58. The van der Waals surface area contributed by atoms with Crippen molar-refractivity contribution in [3.8, 4) is 0 Å². The van der Waals surface area contributed by atoms with Crippen LogP contribution in [-0.4, -0.2) is 71.6 Å². The van der Waals surface area contributed by atoms with Crippen LogP contribution in [0.5, 0.6) is 0 Å². The van der Waals surface area contributed by atoms with E-state index < -0.39 is 5.97 Å². The van der Waals surface area contributed by atoms with Crippen LogP contribution in [0.15, 0.2) is 0 Å². The first-order chi connectivity index (χ1) is 9.01. The molecule has 0 bridgehead atoms. The van der Waals surface area contributed by atoms with Crippen molar-refractivity contribution in [2.75, 3.05) is 39.3 Å². The van der Waals surface area contributed by atoms with Crippen molar-refractivity contribution < 1.29 is 14.7 Å². The fourth-order valence-electron chi connectivity index (χ4n) is 2.85. The number of rotatable bonds is 4. The second-order valence-corrected chi connectivity index (χ2v) is 5.64. The van der Waals surface area contributed by atoms with Gasteiger partial charge in [-0.25, -0.2) is 0 Å². The molecule has 6 nitrogen and oxygen atoms in total. The van der Waals surface area contributed by atoms with Gasteiger partial charge in [0.25, 0.3) is 0 Å². The smallest absolute Gasteiger partial charge is 0.304 e. The summed E-state index contributed by atoms with van der Waals surface area (Å²) < 4.78 is 0. The molecule has 0 spiro atoms. The van der Waals surface area contributed by atoms with Crippen LogP contribution in [0.2, 0.25) is 0 Å². The Hall–Kier alpha value is -1.14. The van der Waals surface area contributed by atoms with E-state index in [1.807, 2.05) is 11.8 Å². The Morgan fingerprint density at radius 1 is 1.26 bits per heavy atom. The molecule has 2 aliphatic rings. The van der Waals surface area contributed by atoms with Crippen molar-refractivity contribution in [3.05, 3.63) is 0 Å². The zero-order valence-electron chi connectivity index (χ0n) is 11.5. The summed E-state index contributed by atoms with van der Waals surface area (Å²) in [5.74, 6) is -0.566. The van der Waals surface area contributed by atoms with Crippen LogP contribution in [0.4, 0.5) is 0 Å². The van der Waals surface area contributed by atoms with Gasteiger partial charge in [-0.15, -0.1) is 0 Å². The Morgan fingerprint density at radius 3 is 2.47 bits per heavy atom. The molecule has 0 aromatic heterocycles. The molecule has 6 heteroatoms. The van der Waals surface area contributed by atoms with E-state index in [1.54, 1.807) is 0 Å². The zero-order chi connectivity index (χ0) is 13.9. The molecular weight excluding hydrogens is 246 g/mol. The number of carboxylic acid groups (broad SMARTS) is 1. The molecule has 2 saturated heterocycles. The van der Waals surface area contributed by atoms with Crippen molar-refractivity contribution in [1.82, 2.24) is 15.1 Å². The van der Waals surface area contributed by atoms with Gasteiger partial charge in [-0.1, -0.05) is 0 Å². The van der Waals surface area contributed by atoms with Crippen molar-refractivity contribution in [3.63, 3.8) is 0 Å². The maximum Gasteiger partial charge on any atom is 0.304 e. The molecule has 0 aliphatic carbocycles. The molecule has 1 unspecified atom stereocenters. The molecule has 1 atom stereocenters. The summed E-state index contributed by atoms with van der Waals surface area (Å²) in [6.45, 7) is 6.43. The van der Waals surface area contributed by atoms with Gasteiger partial charge in [-0.05, 0) is 26.3 Å². The summed E-state index contributed by atoms with van der Waals surface area (Å²) in [5.41, 5.74) is -0.386. The molecule has 2 aliphatic heterocycles. The number of carboxylic acids is 1. The minimum Gasteiger partial charge on any atom is -0.481 e. The monoisotopic (exact) mass is 269 g/mol. The van der Waals surface area contributed by atoms with E-state index in [0.717, 1.165) is 32.5 Å². The SMILES string of the molecule is CC1(C(=O)N2CCN(CCC(=O)O)CC2)CCCN1. The molecule has 2 heterocycles. The number of nitrogens with one attached hydrogen (secondary N) is 1. The Balaban J connectivity index is 1.79. The standard InChI is InChI=1S/C13H23N3O3/c1-13(4-2-5-14-13)12(19)16-9-7-15(8-10-16)6-3-11(17)18/h14H,2-10H2,1H3,(H,17,18). The topological polar surface area (TPSA) is 72.9 Å². The lowest BCUT2D eigenvalue weighted by Gasteiger charge is -2.38. The average molecular weight is 269 g/mol. The number of carbonyl (C=O) groups excluding carboxylic acids is 1. The molecule has 0 aromatic rings. The van der Waals surface area contributed by atoms with E-state index >= 15 is 0 Å². The summed E-state index contributed by atoms with van der Waals surface area (Å²) in [5, 5.41) is 12.0. The highest BCUT2D eigenvalue weighted by Gasteiger charge is 2.39. The molecule has 0 saturated carbocycles. The van der Waals surface area contributed by atoms with Gasteiger partial charge in [0.2, 0.25) is 5.91 Å². The third-order valence-corrected chi connectivity index (χ3v) is 4.14. The van der Waals surface area contributed by atoms with Crippen LogP contribution in [0.1, 0.15) is 26.2 Å². The fraction of sp³-hybridized carbons (Fsp3) is 0.846. The summed E-state index contributed by atoms with van der Waals surface area (Å²) >= 11 is 0. The first-order valence-electron chi connectivity index (χ1n) is 7.00. The van der Waals surface area contributed by atoms with E-state index in [-0.39, 0.29) is 17.9 Å². The molecule has 2 fully saturated rings. The van der Waals surface area contributed by atoms with Gasteiger partial charge in [0, 0.05) is 32.7 Å². The lowest BCUT2D eigenvalue weighted by molar-refractivity contribution is -0.140. The maximum absolute atomic E-state index is 12.4. The summed E-state index contributed by atoms with van der Waals surface area (Å²) in [6.07, 6.45) is 2.14. The van der Waals surface area contributed by atoms with Crippen LogP contribution in [0, 0.1) is 0 Å².